The fraction of sp³-hybridized carbons (Fsp3) is 0.200. The first-order valence-electron chi connectivity index (χ1n) is 10.2. The van der Waals surface area contributed by atoms with Gasteiger partial charge in [0.15, 0.2) is 0 Å². The standard InChI is InChI=1S/C25H21ClN2O3S/c1-16-7-9-17(10-8-16)14-27-21-6-4-3-5-19(21)25(24(27)30)28(23(29)15-32-25)18-11-12-22(31-2)20(26)13-18/h3-13H,14-15H2,1-2H3/t25-/m0/s1. The predicted molar refractivity (Wildman–Crippen MR) is 128 cm³/mol. The summed E-state index contributed by atoms with van der Waals surface area (Å²) < 4.78 is 5.26. The van der Waals surface area contributed by atoms with Crippen LogP contribution in [0, 0.1) is 6.92 Å². The number of benzene rings is 3. The maximum Gasteiger partial charge on any atom is 0.269 e. The first kappa shape index (κ1) is 20.9. The highest BCUT2D eigenvalue weighted by molar-refractivity contribution is 8.02. The number of fused-ring (bicyclic) bond motifs is 2. The summed E-state index contributed by atoms with van der Waals surface area (Å²) in [4.78, 5) is 29.4. The zero-order valence-electron chi connectivity index (χ0n) is 17.7. The van der Waals surface area contributed by atoms with Gasteiger partial charge in [-0.1, -0.05) is 59.6 Å². The molecule has 1 fully saturated rings. The molecular formula is C25H21ClN2O3S. The number of para-hydroxylation sites is 1. The molecule has 162 valence electrons. The molecule has 2 heterocycles. The molecule has 2 amide bonds. The van der Waals surface area contributed by atoms with Gasteiger partial charge in [-0.05, 0) is 36.8 Å². The quantitative estimate of drug-likeness (QED) is 0.536. The van der Waals surface area contributed by atoms with Crippen molar-refractivity contribution in [3.8, 4) is 5.75 Å². The van der Waals surface area contributed by atoms with E-state index in [2.05, 4.69) is 0 Å². The molecule has 0 aliphatic carbocycles. The van der Waals surface area contributed by atoms with E-state index in [0.29, 0.717) is 23.0 Å². The van der Waals surface area contributed by atoms with Gasteiger partial charge in [0.1, 0.15) is 5.75 Å². The van der Waals surface area contributed by atoms with Crippen LogP contribution in [-0.4, -0.2) is 24.7 Å². The highest BCUT2D eigenvalue weighted by Crippen LogP contribution is 2.56. The lowest BCUT2D eigenvalue weighted by molar-refractivity contribution is -0.123. The number of aryl methyl sites for hydroxylation is 1. The lowest BCUT2D eigenvalue weighted by atomic mass is 10.0. The van der Waals surface area contributed by atoms with Gasteiger partial charge in [-0.25, -0.2) is 0 Å². The van der Waals surface area contributed by atoms with E-state index < -0.39 is 4.87 Å². The molecule has 0 bridgehead atoms. The van der Waals surface area contributed by atoms with E-state index in [1.807, 2.05) is 55.5 Å². The number of carbonyl (C=O) groups is 2. The molecule has 0 unspecified atom stereocenters. The average Bonchev–Trinajstić information content (AvgIpc) is 3.26. The molecule has 1 spiro atoms. The van der Waals surface area contributed by atoms with Crippen LogP contribution in [-0.2, 0) is 21.0 Å². The number of anilines is 2. The Hall–Kier alpha value is -2.96. The number of methoxy groups -OCH3 is 1. The Balaban J connectivity index is 1.62. The molecule has 2 aliphatic rings. The van der Waals surface area contributed by atoms with Gasteiger partial charge in [-0.3, -0.25) is 14.5 Å². The van der Waals surface area contributed by atoms with E-state index >= 15 is 0 Å². The van der Waals surface area contributed by atoms with Crippen LogP contribution in [0.2, 0.25) is 5.02 Å². The van der Waals surface area contributed by atoms with Gasteiger partial charge in [-0.15, -0.1) is 11.8 Å². The number of thioether (sulfide) groups is 1. The summed E-state index contributed by atoms with van der Waals surface area (Å²) >= 11 is 7.73. The Labute approximate surface area is 195 Å². The number of hydrogen-bond acceptors (Lipinski definition) is 4. The molecule has 3 aromatic rings. The number of hydrogen-bond donors (Lipinski definition) is 0. The summed E-state index contributed by atoms with van der Waals surface area (Å²) in [5.41, 5.74) is 4.41. The van der Waals surface area contributed by atoms with Crippen molar-refractivity contribution in [1.82, 2.24) is 0 Å². The number of carbonyl (C=O) groups excluding carboxylic acids is 2. The largest absolute Gasteiger partial charge is 0.495 e. The predicted octanol–water partition coefficient (Wildman–Crippen LogP) is 5.14. The van der Waals surface area contributed by atoms with Crippen LogP contribution in [0.15, 0.2) is 66.7 Å². The number of nitrogens with zero attached hydrogens (tertiary/aromatic N) is 2. The van der Waals surface area contributed by atoms with Crippen LogP contribution in [0.1, 0.15) is 16.7 Å². The molecule has 1 saturated heterocycles. The molecule has 32 heavy (non-hydrogen) atoms. The molecule has 0 N–H and O–H groups in total. The average molecular weight is 465 g/mol. The van der Waals surface area contributed by atoms with E-state index in [-0.39, 0.29) is 17.6 Å². The molecule has 7 heteroatoms. The van der Waals surface area contributed by atoms with Crippen molar-refractivity contribution in [3.05, 3.63) is 88.4 Å². The van der Waals surface area contributed by atoms with Crippen molar-refractivity contribution in [3.63, 3.8) is 0 Å². The monoisotopic (exact) mass is 464 g/mol. The third-order valence-corrected chi connectivity index (χ3v) is 7.60. The minimum Gasteiger partial charge on any atom is -0.495 e. The summed E-state index contributed by atoms with van der Waals surface area (Å²) in [5.74, 6) is 0.476. The molecule has 5 nitrogen and oxygen atoms in total. The molecule has 3 aromatic carbocycles. The second kappa shape index (κ2) is 7.87. The molecule has 0 saturated carbocycles. The SMILES string of the molecule is COc1ccc(N2C(=O)CS[C@@]23C(=O)N(Cc2ccc(C)cc2)c2ccccc23)cc1Cl. The third-order valence-electron chi connectivity index (χ3n) is 5.92. The van der Waals surface area contributed by atoms with Crippen molar-refractivity contribution >= 4 is 46.6 Å². The van der Waals surface area contributed by atoms with E-state index in [4.69, 9.17) is 16.3 Å². The summed E-state index contributed by atoms with van der Waals surface area (Å²) in [5, 5.41) is 0.389. The molecule has 0 aromatic heterocycles. The Morgan fingerprint density at radius 1 is 1.06 bits per heavy atom. The van der Waals surface area contributed by atoms with Crippen LogP contribution >= 0.6 is 23.4 Å². The summed E-state index contributed by atoms with van der Waals surface area (Å²) in [6.45, 7) is 2.47. The summed E-state index contributed by atoms with van der Waals surface area (Å²) in [6.07, 6.45) is 0. The Kier molecular flexibility index (Phi) is 5.14. The van der Waals surface area contributed by atoms with Gasteiger partial charge in [0.05, 0.1) is 30.1 Å². The molecule has 1 atom stereocenters. The topological polar surface area (TPSA) is 49.9 Å². The fourth-order valence-corrected chi connectivity index (χ4v) is 5.99. The highest BCUT2D eigenvalue weighted by atomic mass is 35.5. The summed E-state index contributed by atoms with van der Waals surface area (Å²) in [7, 11) is 1.54. The number of halogens is 1. The van der Waals surface area contributed by atoms with Gasteiger partial charge in [0.2, 0.25) is 10.8 Å². The Bertz CT molecular complexity index is 1230. The Morgan fingerprint density at radius 3 is 2.53 bits per heavy atom. The highest BCUT2D eigenvalue weighted by Gasteiger charge is 2.60. The van der Waals surface area contributed by atoms with Gasteiger partial charge >= 0.3 is 0 Å². The van der Waals surface area contributed by atoms with Gasteiger partial charge in [0, 0.05) is 11.3 Å². The summed E-state index contributed by atoms with van der Waals surface area (Å²) in [6, 6.07) is 21.0. The van der Waals surface area contributed by atoms with E-state index in [9.17, 15) is 9.59 Å². The fourth-order valence-electron chi connectivity index (χ4n) is 4.38. The molecule has 5 rings (SSSR count). The number of rotatable bonds is 4. The third kappa shape index (κ3) is 3.09. The van der Waals surface area contributed by atoms with Crippen LogP contribution in [0.25, 0.3) is 0 Å². The lowest BCUT2D eigenvalue weighted by Crippen LogP contribution is -2.49. The van der Waals surface area contributed by atoms with Gasteiger partial charge in [-0.2, -0.15) is 0 Å². The number of amides is 2. The Morgan fingerprint density at radius 2 is 1.81 bits per heavy atom. The molecule has 0 radical (unpaired) electrons. The van der Waals surface area contributed by atoms with Crippen molar-refractivity contribution in [1.29, 1.82) is 0 Å². The van der Waals surface area contributed by atoms with Crippen LogP contribution in [0.3, 0.4) is 0 Å². The number of ether oxygens (including phenoxy) is 1. The van der Waals surface area contributed by atoms with Crippen molar-refractivity contribution in [2.45, 2.75) is 18.3 Å². The first-order chi connectivity index (χ1) is 15.5. The zero-order chi connectivity index (χ0) is 22.5. The van der Waals surface area contributed by atoms with Crippen molar-refractivity contribution in [2.75, 3.05) is 22.7 Å². The molecular weight excluding hydrogens is 444 g/mol. The van der Waals surface area contributed by atoms with E-state index in [0.717, 1.165) is 22.4 Å². The van der Waals surface area contributed by atoms with Crippen LogP contribution in [0.5, 0.6) is 5.75 Å². The van der Waals surface area contributed by atoms with Crippen LogP contribution < -0.4 is 14.5 Å². The van der Waals surface area contributed by atoms with Gasteiger partial charge < -0.3 is 9.64 Å². The van der Waals surface area contributed by atoms with Crippen LogP contribution in [0.4, 0.5) is 11.4 Å². The normalized spacial score (nSPS) is 19.7. The van der Waals surface area contributed by atoms with E-state index in [1.54, 1.807) is 35.1 Å². The maximum absolute atomic E-state index is 14.0. The minimum absolute atomic E-state index is 0.123. The smallest absolute Gasteiger partial charge is 0.269 e. The van der Waals surface area contributed by atoms with Crippen molar-refractivity contribution in [2.24, 2.45) is 0 Å². The van der Waals surface area contributed by atoms with E-state index in [1.165, 1.54) is 11.8 Å². The molecule has 2 aliphatic heterocycles. The van der Waals surface area contributed by atoms with Gasteiger partial charge in [0.25, 0.3) is 5.91 Å². The lowest BCUT2D eigenvalue weighted by Gasteiger charge is -2.33. The minimum atomic E-state index is -1.16. The first-order valence-corrected chi connectivity index (χ1v) is 11.6. The zero-order valence-corrected chi connectivity index (χ0v) is 19.2. The van der Waals surface area contributed by atoms with Crippen molar-refractivity contribution < 1.29 is 14.3 Å². The maximum atomic E-state index is 14.0. The second-order valence-electron chi connectivity index (χ2n) is 7.87. The second-order valence-corrected chi connectivity index (χ2v) is 9.45.